The third-order valence-corrected chi connectivity index (χ3v) is 8.81. The zero-order valence-corrected chi connectivity index (χ0v) is 24.5. The lowest BCUT2D eigenvalue weighted by Gasteiger charge is -2.13. The molecule has 0 aromatic heterocycles. The van der Waals surface area contributed by atoms with E-state index >= 15 is 0 Å². The molecule has 0 heteroatoms. The molecule has 206 valence electrons. The van der Waals surface area contributed by atoms with Crippen LogP contribution in [-0.4, -0.2) is 0 Å². The molecular formula is C37H58. The average molecular weight is 503 g/mol. The van der Waals surface area contributed by atoms with Crippen LogP contribution < -0.4 is 0 Å². The molecule has 0 unspecified atom stereocenters. The van der Waals surface area contributed by atoms with E-state index in [1.165, 1.54) is 159 Å². The molecule has 1 aliphatic rings. The second-order valence-electron chi connectivity index (χ2n) is 11.9. The lowest BCUT2D eigenvalue weighted by molar-refractivity contribution is 0.516. The van der Waals surface area contributed by atoms with E-state index in [-0.39, 0.29) is 0 Å². The monoisotopic (exact) mass is 502 g/mol. The molecule has 0 heterocycles. The number of hydrogen-bond donors (Lipinski definition) is 0. The van der Waals surface area contributed by atoms with E-state index in [9.17, 15) is 0 Å². The number of unbranched alkanes of at least 4 members (excludes halogenated alkanes) is 21. The van der Waals surface area contributed by atoms with Gasteiger partial charge in [-0.1, -0.05) is 197 Å². The van der Waals surface area contributed by atoms with E-state index in [0.29, 0.717) is 5.92 Å². The Hall–Kier alpha value is -1.56. The number of benzene rings is 2. The van der Waals surface area contributed by atoms with Crippen molar-refractivity contribution in [3.63, 3.8) is 0 Å². The van der Waals surface area contributed by atoms with Crippen molar-refractivity contribution in [3.05, 3.63) is 59.7 Å². The van der Waals surface area contributed by atoms with Crippen LogP contribution in [0.2, 0.25) is 0 Å². The lowest BCUT2D eigenvalue weighted by Crippen LogP contribution is -1.96. The molecule has 0 aliphatic heterocycles. The Labute approximate surface area is 231 Å². The summed E-state index contributed by atoms with van der Waals surface area (Å²) in [5.74, 6) is 0.623. The fourth-order valence-electron chi connectivity index (χ4n) is 6.53. The first-order valence-corrected chi connectivity index (χ1v) is 16.6. The highest BCUT2D eigenvalue weighted by Gasteiger charge is 2.27. The van der Waals surface area contributed by atoms with Gasteiger partial charge in [0.05, 0.1) is 0 Å². The van der Waals surface area contributed by atoms with Gasteiger partial charge in [0.1, 0.15) is 0 Å². The van der Waals surface area contributed by atoms with Gasteiger partial charge in [-0.15, -0.1) is 0 Å². The van der Waals surface area contributed by atoms with Gasteiger partial charge in [-0.3, -0.25) is 0 Å². The highest BCUT2D eigenvalue weighted by molar-refractivity contribution is 5.78. The minimum Gasteiger partial charge on any atom is -0.0654 e. The second kappa shape index (κ2) is 19.5. The fourth-order valence-corrected chi connectivity index (χ4v) is 6.53. The maximum Gasteiger partial charge on any atom is 0.0102 e. The standard InChI is InChI=1S/C37H58/c1-2-3-4-5-6-7-8-9-10-11-12-13-14-15-16-17-18-19-20-21-22-23-28-33-34-29-24-26-31-36(34)37-32-27-25-30-35(33)37/h24-27,29-33H,2-23,28H2,1H3. The molecule has 37 heavy (non-hydrogen) atoms. The Balaban J connectivity index is 1.06. The van der Waals surface area contributed by atoms with Gasteiger partial charge in [0.25, 0.3) is 0 Å². The van der Waals surface area contributed by atoms with Crippen molar-refractivity contribution in [1.29, 1.82) is 0 Å². The summed E-state index contributed by atoms with van der Waals surface area (Å²) in [6.07, 6.45) is 33.3. The van der Waals surface area contributed by atoms with Gasteiger partial charge in [0.15, 0.2) is 0 Å². The van der Waals surface area contributed by atoms with E-state index in [1.807, 2.05) is 0 Å². The average Bonchev–Trinajstić information content (AvgIpc) is 3.25. The first-order chi connectivity index (χ1) is 18.4. The van der Waals surface area contributed by atoms with E-state index in [0.717, 1.165) is 0 Å². The number of rotatable bonds is 23. The highest BCUT2D eigenvalue weighted by Crippen LogP contribution is 2.46. The minimum absolute atomic E-state index is 0.623. The summed E-state index contributed by atoms with van der Waals surface area (Å²) in [4.78, 5) is 0. The van der Waals surface area contributed by atoms with Crippen molar-refractivity contribution in [2.24, 2.45) is 0 Å². The van der Waals surface area contributed by atoms with Crippen LogP contribution in [0.1, 0.15) is 172 Å². The molecule has 2 aromatic carbocycles. The molecule has 0 bridgehead atoms. The van der Waals surface area contributed by atoms with Crippen molar-refractivity contribution in [2.45, 2.75) is 161 Å². The van der Waals surface area contributed by atoms with E-state index in [4.69, 9.17) is 0 Å². The van der Waals surface area contributed by atoms with Crippen molar-refractivity contribution in [2.75, 3.05) is 0 Å². The molecular weight excluding hydrogens is 444 g/mol. The van der Waals surface area contributed by atoms with E-state index < -0.39 is 0 Å². The van der Waals surface area contributed by atoms with Gasteiger partial charge in [-0.05, 0) is 28.7 Å². The lowest BCUT2D eigenvalue weighted by atomic mass is 9.91. The fraction of sp³-hybridized carbons (Fsp3) is 0.676. The summed E-state index contributed by atoms with van der Waals surface area (Å²) in [5.41, 5.74) is 6.07. The zero-order chi connectivity index (χ0) is 25.8. The van der Waals surface area contributed by atoms with Crippen LogP contribution in [0.15, 0.2) is 48.5 Å². The van der Waals surface area contributed by atoms with Crippen molar-refractivity contribution >= 4 is 0 Å². The van der Waals surface area contributed by atoms with Crippen molar-refractivity contribution < 1.29 is 0 Å². The van der Waals surface area contributed by atoms with E-state index in [1.54, 1.807) is 11.1 Å². The third-order valence-electron chi connectivity index (χ3n) is 8.81. The summed E-state index contributed by atoms with van der Waals surface area (Å²) in [7, 11) is 0. The van der Waals surface area contributed by atoms with Gasteiger partial charge in [-0.2, -0.15) is 0 Å². The molecule has 0 saturated heterocycles. The van der Waals surface area contributed by atoms with Gasteiger partial charge in [-0.25, -0.2) is 0 Å². The van der Waals surface area contributed by atoms with Crippen LogP contribution in [0.5, 0.6) is 0 Å². The topological polar surface area (TPSA) is 0 Å². The molecule has 0 atom stereocenters. The van der Waals surface area contributed by atoms with Crippen LogP contribution in [0.3, 0.4) is 0 Å². The molecule has 0 N–H and O–H groups in total. The van der Waals surface area contributed by atoms with Crippen molar-refractivity contribution in [1.82, 2.24) is 0 Å². The van der Waals surface area contributed by atoms with E-state index in [2.05, 4.69) is 55.5 Å². The predicted molar refractivity (Wildman–Crippen MR) is 166 cm³/mol. The predicted octanol–water partition coefficient (Wildman–Crippen LogP) is 12.8. The van der Waals surface area contributed by atoms with Gasteiger partial charge < -0.3 is 0 Å². The largest absolute Gasteiger partial charge is 0.0654 e. The van der Waals surface area contributed by atoms with Gasteiger partial charge in [0.2, 0.25) is 0 Å². The zero-order valence-electron chi connectivity index (χ0n) is 24.5. The smallest absolute Gasteiger partial charge is 0.0102 e. The molecule has 0 amide bonds. The van der Waals surface area contributed by atoms with Gasteiger partial charge >= 0.3 is 0 Å². The quantitative estimate of drug-likeness (QED) is 0.132. The Morgan fingerprint density at radius 1 is 0.378 bits per heavy atom. The normalized spacial score (nSPS) is 12.7. The molecule has 3 rings (SSSR count). The molecule has 1 aliphatic carbocycles. The Morgan fingerprint density at radius 2 is 0.676 bits per heavy atom. The summed E-state index contributed by atoms with van der Waals surface area (Å²) >= 11 is 0. The molecule has 2 aromatic rings. The Kier molecular flexibility index (Phi) is 15.8. The van der Waals surface area contributed by atoms with Crippen LogP contribution in [0.25, 0.3) is 11.1 Å². The molecule has 0 spiro atoms. The summed E-state index contributed by atoms with van der Waals surface area (Å²) in [5, 5.41) is 0. The maximum atomic E-state index is 2.36. The van der Waals surface area contributed by atoms with Crippen LogP contribution >= 0.6 is 0 Å². The summed E-state index contributed by atoms with van der Waals surface area (Å²) in [6, 6.07) is 18.2. The van der Waals surface area contributed by atoms with Crippen LogP contribution in [0.4, 0.5) is 0 Å². The van der Waals surface area contributed by atoms with Gasteiger partial charge in [0, 0.05) is 5.92 Å². The first-order valence-electron chi connectivity index (χ1n) is 16.6. The number of hydrogen-bond acceptors (Lipinski definition) is 0. The second-order valence-corrected chi connectivity index (χ2v) is 11.9. The SMILES string of the molecule is CCCCCCCCCCCCCCCCCCCCCCCCC1c2ccccc2-c2ccccc21. The van der Waals surface area contributed by atoms with Crippen LogP contribution in [-0.2, 0) is 0 Å². The van der Waals surface area contributed by atoms with Crippen LogP contribution in [0, 0.1) is 0 Å². The molecule has 0 nitrogen and oxygen atoms in total. The van der Waals surface area contributed by atoms with Crippen molar-refractivity contribution in [3.8, 4) is 11.1 Å². The maximum absolute atomic E-state index is 2.36. The summed E-state index contributed by atoms with van der Waals surface area (Å²) < 4.78 is 0. The highest BCUT2D eigenvalue weighted by atomic mass is 14.3. The minimum atomic E-state index is 0.623. The first kappa shape index (κ1) is 30.0. The Bertz CT molecular complexity index is 773. The summed E-state index contributed by atoms with van der Waals surface area (Å²) in [6.45, 7) is 2.31. The molecule has 0 fully saturated rings. The molecule has 0 radical (unpaired) electrons. The molecule has 0 saturated carbocycles. The third kappa shape index (κ3) is 11.4. The Morgan fingerprint density at radius 3 is 1.03 bits per heavy atom. The number of fused-ring (bicyclic) bond motifs is 3.